The number of carbonyl (C=O) groups is 1. The summed E-state index contributed by atoms with van der Waals surface area (Å²) in [5.74, 6) is -0.436. The molecule has 1 heterocycles. The van der Waals surface area contributed by atoms with Crippen molar-refractivity contribution in [2.75, 3.05) is 11.1 Å². The van der Waals surface area contributed by atoms with Gasteiger partial charge in [-0.15, -0.1) is 0 Å². The lowest BCUT2D eigenvalue weighted by Gasteiger charge is -2.14. The van der Waals surface area contributed by atoms with Gasteiger partial charge < -0.3 is 0 Å². The second-order valence-electron chi connectivity index (χ2n) is 4.74. The minimum Gasteiger partial charge on any atom is -0.289 e. The molecular formula is C13H16ClN5O3S. The zero-order valence-corrected chi connectivity index (χ0v) is 14.4. The standard InChI is InChI=1S/C13H16ClN5O3S/c1-4-8-9(12(20)15-13-16-17-18-19(13)3)6-7-10(14)11(8)23(21,22)5-2/h6-7H,4-5H2,1-3H3,(H,15,16,18,20). The van der Waals surface area contributed by atoms with Crippen LogP contribution in [0.15, 0.2) is 17.0 Å². The molecule has 124 valence electrons. The first kappa shape index (κ1) is 17.4. The van der Waals surface area contributed by atoms with E-state index in [0.29, 0.717) is 12.0 Å². The first-order chi connectivity index (χ1) is 10.8. The Hall–Kier alpha value is -2.00. The molecule has 0 bridgehead atoms. The molecule has 0 aliphatic carbocycles. The number of amides is 1. The largest absolute Gasteiger partial charge is 0.289 e. The van der Waals surface area contributed by atoms with Gasteiger partial charge >= 0.3 is 0 Å². The van der Waals surface area contributed by atoms with Crippen molar-refractivity contribution in [2.45, 2.75) is 25.2 Å². The number of nitrogens with one attached hydrogen (secondary N) is 1. The van der Waals surface area contributed by atoms with Crippen LogP contribution < -0.4 is 5.32 Å². The van der Waals surface area contributed by atoms with Crippen LogP contribution in [-0.4, -0.2) is 40.3 Å². The Morgan fingerprint density at radius 2 is 2.04 bits per heavy atom. The van der Waals surface area contributed by atoms with Crippen molar-refractivity contribution >= 4 is 33.3 Å². The number of anilines is 1. The molecule has 8 nitrogen and oxygen atoms in total. The van der Waals surface area contributed by atoms with Gasteiger partial charge in [-0.2, -0.15) is 0 Å². The maximum absolute atomic E-state index is 12.5. The van der Waals surface area contributed by atoms with Crippen LogP contribution in [0.2, 0.25) is 5.02 Å². The third-order valence-electron chi connectivity index (χ3n) is 3.35. The molecule has 1 amide bonds. The Morgan fingerprint density at radius 3 is 2.57 bits per heavy atom. The van der Waals surface area contributed by atoms with Gasteiger partial charge in [-0.25, -0.2) is 13.1 Å². The second kappa shape index (κ2) is 6.63. The molecule has 2 aromatic rings. The van der Waals surface area contributed by atoms with Gasteiger partial charge in [-0.1, -0.05) is 30.5 Å². The Morgan fingerprint density at radius 1 is 1.35 bits per heavy atom. The van der Waals surface area contributed by atoms with Crippen molar-refractivity contribution in [3.8, 4) is 0 Å². The number of sulfone groups is 1. The van der Waals surface area contributed by atoms with E-state index in [1.54, 1.807) is 14.0 Å². The van der Waals surface area contributed by atoms with Gasteiger partial charge in [0.05, 0.1) is 15.7 Å². The molecule has 10 heteroatoms. The van der Waals surface area contributed by atoms with Gasteiger partial charge in [-0.05, 0) is 34.5 Å². The van der Waals surface area contributed by atoms with Crippen LogP contribution in [-0.2, 0) is 23.3 Å². The van der Waals surface area contributed by atoms with Crippen LogP contribution in [0.4, 0.5) is 5.95 Å². The summed E-state index contributed by atoms with van der Waals surface area (Å²) in [6.45, 7) is 3.30. The first-order valence-corrected chi connectivity index (χ1v) is 8.92. The van der Waals surface area contributed by atoms with Crippen LogP contribution in [0.3, 0.4) is 0 Å². The summed E-state index contributed by atoms with van der Waals surface area (Å²) < 4.78 is 25.9. The van der Waals surface area contributed by atoms with Crippen LogP contribution in [0.5, 0.6) is 0 Å². The van der Waals surface area contributed by atoms with E-state index in [1.165, 1.54) is 23.7 Å². The molecule has 0 radical (unpaired) electrons. The fraction of sp³-hybridized carbons (Fsp3) is 0.385. The van der Waals surface area contributed by atoms with Crippen LogP contribution in [0.1, 0.15) is 29.8 Å². The minimum atomic E-state index is -3.56. The predicted octanol–water partition coefficient (Wildman–Crippen LogP) is 1.47. The monoisotopic (exact) mass is 357 g/mol. The third kappa shape index (κ3) is 3.35. The molecular weight excluding hydrogens is 342 g/mol. The number of benzene rings is 1. The molecule has 2 rings (SSSR count). The number of halogens is 1. The average molecular weight is 358 g/mol. The lowest BCUT2D eigenvalue weighted by atomic mass is 10.0. The quantitative estimate of drug-likeness (QED) is 0.868. The highest BCUT2D eigenvalue weighted by atomic mass is 35.5. The van der Waals surface area contributed by atoms with E-state index in [-0.39, 0.29) is 27.2 Å². The smallest absolute Gasteiger partial charge is 0.258 e. The molecule has 0 saturated heterocycles. The highest BCUT2D eigenvalue weighted by Gasteiger charge is 2.25. The van der Waals surface area contributed by atoms with Crippen molar-refractivity contribution in [2.24, 2.45) is 7.05 Å². The number of nitrogens with zero attached hydrogens (tertiary/aromatic N) is 4. The van der Waals surface area contributed by atoms with E-state index >= 15 is 0 Å². The molecule has 23 heavy (non-hydrogen) atoms. The summed E-state index contributed by atoms with van der Waals surface area (Å²) in [7, 11) is -1.98. The van der Waals surface area contributed by atoms with Crippen molar-refractivity contribution < 1.29 is 13.2 Å². The second-order valence-corrected chi connectivity index (χ2v) is 7.36. The van der Waals surface area contributed by atoms with E-state index in [4.69, 9.17) is 11.6 Å². The highest BCUT2D eigenvalue weighted by Crippen LogP contribution is 2.30. The van der Waals surface area contributed by atoms with E-state index in [1.807, 2.05) is 0 Å². The van der Waals surface area contributed by atoms with Crippen molar-refractivity contribution in [1.82, 2.24) is 20.2 Å². The number of rotatable bonds is 5. The van der Waals surface area contributed by atoms with Gasteiger partial charge in [0.1, 0.15) is 0 Å². The number of aromatic nitrogens is 4. The topological polar surface area (TPSA) is 107 Å². The molecule has 0 spiro atoms. The van der Waals surface area contributed by atoms with Crippen molar-refractivity contribution in [3.05, 3.63) is 28.3 Å². The van der Waals surface area contributed by atoms with E-state index < -0.39 is 15.7 Å². The lowest BCUT2D eigenvalue weighted by Crippen LogP contribution is -2.19. The fourth-order valence-electron chi connectivity index (χ4n) is 2.15. The number of hydrogen-bond acceptors (Lipinski definition) is 6. The number of tetrazole rings is 1. The maximum Gasteiger partial charge on any atom is 0.258 e. The molecule has 0 fully saturated rings. The predicted molar refractivity (Wildman–Crippen MR) is 85.3 cm³/mol. The van der Waals surface area contributed by atoms with Gasteiger partial charge in [0.25, 0.3) is 5.91 Å². The molecule has 0 unspecified atom stereocenters. The molecule has 1 N–H and O–H groups in total. The first-order valence-electron chi connectivity index (χ1n) is 6.89. The zero-order chi connectivity index (χ0) is 17.2. The molecule has 0 atom stereocenters. The van der Waals surface area contributed by atoms with E-state index in [9.17, 15) is 13.2 Å². The van der Waals surface area contributed by atoms with Gasteiger partial charge in [0.2, 0.25) is 5.95 Å². The summed E-state index contributed by atoms with van der Waals surface area (Å²) in [5.41, 5.74) is 0.610. The highest BCUT2D eigenvalue weighted by molar-refractivity contribution is 7.91. The Labute approximate surface area is 138 Å². The molecule has 0 saturated carbocycles. The third-order valence-corrected chi connectivity index (χ3v) is 5.62. The van der Waals surface area contributed by atoms with Crippen LogP contribution in [0.25, 0.3) is 0 Å². The normalized spacial score (nSPS) is 11.5. The Bertz CT molecular complexity index is 847. The summed E-state index contributed by atoms with van der Waals surface area (Å²) in [6.07, 6.45) is 0.342. The van der Waals surface area contributed by atoms with Gasteiger partial charge in [-0.3, -0.25) is 10.1 Å². The molecule has 1 aromatic heterocycles. The SMILES string of the molecule is CCc1c(C(=O)Nc2nnnn2C)ccc(Cl)c1S(=O)(=O)CC. The minimum absolute atomic E-state index is 0.00732. The van der Waals surface area contributed by atoms with Crippen LogP contribution >= 0.6 is 11.6 Å². The van der Waals surface area contributed by atoms with E-state index in [2.05, 4.69) is 20.8 Å². The molecule has 1 aromatic carbocycles. The average Bonchev–Trinajstić information content (AvgIpc) is 2.91. The zero-order valence-electron chi connectivity index (χ0n) is 12.9. The van der Waals surface area contributed by atoms with Gasteiger partial charge in [0, 0.05) is 12.6 Å². The van der Waals surface area contributed by atoms with Crippen LogP contribution in [0, 0.1) is 0 Å². The molecule has 0 aliphatic rings. The maximum atomic E-state index is 12.5. The Kier molecular flexibility index (Phi) is 5.00. The summed E-state index contributed by atoms with van der Waals surface area (Å²) >= 11 is 6.07. The van der Waals surface area contributed by atoms with Crippen molar-refractivity contribution in [1.29, 1.82) is 0 Å². The summed E-state index contributed by atoms with van der Waals surface area (Å²) in [5, 5.41) is 13.4. The summed E-state index contributed by atoms with van der Waals surface area (Å²) in [6, 6.07) is 2.90. The number of hydrogen-bond donors (Lipinski definition) is 1. The van der Waals surface area contributed by atoms with Crippen molar-refractivity contribution in [3.63, 3.8) is 0 Å². The fourth-order valence-corrected chi connectivity index (χ4v) is 3.96. The lowest BCUT2D eigenvalue weighted by molar-refractivity contribution is 0.102. The number of carbonyl (C=O) groups excluding carboxylic acids is 1. The van der Waals surface area contributed by atoms with E-state index in [0.717, 1.165) is 0 Å². The number of aryl methyl sites for hydroxylation is 1. The molecule has 0 aliphatic heterocycles. The Balaban J connectivity index is 2.53. The summed E-state index contributed by atoms with van der Waals surface area (Å²) in [4.78, 5) is 12.5. The van der Waals surface area contributed by atoms with Gasteiger partial charge in [0.15, 0.2) is 9.84 Å².